The standard InChI is InChI=1S/C21H20O2/c1-5-12-22-20-18-11-10-16-15(14(3)4)8-7-9-17(16)19(18)21(20)23-13-6-2/h1-2,7-11,14,20-21H,12-13H2,3-4H3. The minimum atomic E-state index is -0.152. The first kappa shape index (κ1) is 15.6. The van der Waals surface area contributed by atoms with Crippen molar-refractivity contribution in [2.45, 2.75) is 32.0 Å². The topological polar surface area (TPSA) is 18.5 Å². The fourth-order valence-electron chi connectivity index (χ4n) is 3.33. The zero-order valence-corrected chi connectivity index (χ0v) is 13.5. The van der Waals surface area contributed by atoms with Crippen LogP contribution in [0, 0.1) is 24.7 Å². The van der Waals surface area contributed by atoms with E-state index in [0.717, 1.165) is 5.56 Å². The van der Waals surface area contributed by atoms with Crippen LogP contribution in [0.15, 0.2) is 30.3 Å². The molecular weight excluding hydrogens is 284 g/mol. The number of ether oxygens (including phenoxy) is 2. The van der Waals surface area contributed by atoms with Crippen LogP contribution in [0.25, 0.3) is 10.8 Å². The fourth-order valence-corrected chi connectivity index (χ4v) is 3.33. The second kappa shape index (κ2) is 6.47. The Morgan fingerprint density at radius 1 is 0.957 bits per heavy atom. The lowest BCUT2D eigenvalue weighted by Crippen LogP contribution is -2.29. The molecule has 0 spiro atoms. The summed E-state index contributed by atoms with van der Waals surface area (Å²) in [5, 5.41) is 2.49. The highest BCUT2D eigenvalue weighted by Gasteiger charge is 2.40. The van der Waals surface area contributed by atoms with Gasteiger partial charge in [-0.1, -0.05) is 56.0 Å². The summed E-state index contributed by atoms with van der Waals surface area (Å²) in [7, 11) is 0. The zero-order chi connectivity index (χ0) is 16.4. The molecule has 0 aromatic heterocycles. The highest BCUT2D eigenvalue weighted by atomic mass is 16.5. The molecule has 0 N–H and O–H groups in total. The van der Waals surface area contributed by atoms with Crippen molar-refractivity contribution in [3.05, 3.63) is 47.0 Å². The van der Waals surface area contributed by atoms with Gasteiger partial charge < -0.3 is 9.47 Å². The Morgan fingerprint density at radius 3 is 2.30 bits per heavy atom. The highest BCUT2D eigenvalue weighted by molar-refractivity contribution is 5.91. The molecular formula is C21H20O2. The van der Waals surface area contributed by atoms with Crippen LogP contribution in [0.2, 0.25) is 0 Å². The van der Waals surface area contributed by atoms with Crippen molar-refractivity contribution in [1.29, 1.82) is 0 Å². The molecule has 2 atom stereocenters. The Balaban J connectivity index is 2.09. The minimum absolute atomic E-state index is 0.137. The number of benzene rings is 2. The summed E-state index contributed by atoms with van der Waals surface area (Å²) in [6.07, 6.45) is 10.4. The van der Waals surface area contributed by atoms with E-state index in [9.17, 15) is 0 Å². The van der Waals surface area contributed by atoms with Crippen molar-refractivity contribution in [2.24, 2.45) is 0 Å². The molecule has 0 saturated carbocycles. The van der Waals surface area contributed by atoms with Crippen LogP contribution in [0.3, 0.4) is 0 Å². The van der Waals surface area contributed by atoms with Crippen LogP contribution in [0.1, 0.15) is 48.7 Å². The molecule has 0 heterocycles. The third kappa shape index (κ3) is 2.62. The smallest absolute Gasteiger partial charge is 0.115 e. The average Bonchev–Trinajstić information content (AvgIpc) is 2.54. The third-order valence-electron chi connectivity index (χ3n) is 4.35. The van der Waals surface area contributed by atoms with E-state index >= 15 is 0 Å². The number of hydrogen-bond acceptors (Lipinski definition) is 2. The predicted octanol–water partition coefficient (Wildman–Crippen LogP) is 4.36. The monoisotopic (exact) mass is 304 g/mol. The van der Waals surface area contributed by atoms with E-state index in [1.54, 1.807) is 0 Å². The molecule has 2 aromatic rings. The van der Waals surface area contributed by atoms with Crippen LogP contribution >= 0.6 is 0 Å². The van der Waals surface area contributed by atoms with E-state index in [2.05, 4.69) is 56.0 Å². The Morgan fingerprint density at radius 2 is 1.65 bits per heavy atom. The maximum absolute atomic E-state index is 5.84. The van der Waals surface area contributed by atoms with Crippen LogP contribution in [-0.2, 0) is 9.47 Å². The van der Waals surface area contributed by atoms with E-state index in [4.69, 9.17) is 22.3 Å². The van der Waals surface area contributed by atoms with Crippen LogP contribution in [-0.4, -0.2) is 13.2 Å². The lowest BCUT2D eigenvalue weighted by molar-refractivity contribution is -0.0831. The van der Waals surface area contributed by atoms with Crippen molar-refractivity contribution in [1.82, 2.24) is 0 Å². The summed E-state index contributed by atoms with van der Waals surface area (Å²) >= 11 is 0. The van der Waals surface area contributed by atoms with Crippen molar-refractivity contribution in [3.8, 4) is 24.7 Å². The largest absolute Gasteiger partial charge is 0.358 e. The molecule has 3 rings (SSSR count). The summed E-state index contributed by atoms with van der Waals surface area (Å²) in [6.45, 7) is 4.95. The van der Waals surface area contributed by atoms with Crippen LogP contribution < -0.4 is 0 Å². The number of fused-ring (bicyclic) bond motifs is 3. The second-order valence-electron chi connectivity index (χ2n) is 6.04. The number of rotatable bonds is 5. The first-order chi connectivity index (χ1) is 11.2. The van der Waals surface area contributed by atoms with Crippen molar-refractivity contribution >= 4 is 10.8 Å². The lowest BCUT2D eigenvalue weighted by Gasteiger charge is -2.39. The molecule has 0 radical (unpaired) electrons. The van der Waals surface area contributed by atoms with Crippen LogP contribution in [0.4, 0.5) is 0 Å². The summed E-state index contributed by atoms with van der Waals surface area (Å²) in [5.41, 5.74) is 3.67. The molecule has 2 unspecified atom stereocenters. The zero-order valence-electron chi connectivity index (χ0n) is 13.5. The van der Waals surface area contributed by atoms with Crippen molar-refractivity contribution in [3.63, 3.8) is 0 Å². The van der Waals surface area contributed by atoms with E-state index in [-0.39, 0.29) is 25.4 Å². The van der Waals surface area contributed by atoms with Gasteiger partial charge in [0.05, 0.1) is 0 Å². The molecule has 1 aliphatic rings. The summed E-state index contributed by atoms with van der Waals surface area (Å²) in [4.78, 5) is 0. The van der Waals surface area contributed by atoms with Crippen LogP contribution in [0.5, 0.6) is 0 Å². The molecule has 2 nitrogen and oxygen atoms in total. The van der Waals surface area contributed by atoms with Crippen molar-refractivity contribution < 1.29 is 9.47 Å². The Kier molecular flexibility index (Phi) is 4.39. The van der Waals surface area contributed by atoms with Gasteiger partial charge >= 0.3 is 0 Å². The van der Waals surface area contributed by atoms with Gasteiger partial charge in [-0.2, -0.15) is 0 Å². The van der Waals surface area contributed by atoms with E-state index in [1.807, 2.05) is 0 Å². The van der Waals surface area contributed by atoms with Gasteiger partial charge in [-0.25, -0.2) is 0 Å². The summed E-state index contributed by atoms with van der Waals surface area (Å²) in [5.74, 6) is 5.52. The van der Waals surface area contributed by atoms with E-state index < -0.39 is 0 Å². The Labute approximate surface area is 137 Å². The molecule has 116 valence electrons. The molecule has 0 saturated heterocycles. The maximum Gasteiger partial charge on any atom is 0.115 e. The molecule has 2 aromatic carbocycles. The first-order valence-corrected chi connectivity index (χ1v) is 7.84. The fraction of sp³-hybridized carbons (Fsp3) is 0.333. The minimum Gasteiger partial charge on any atom is -0.358 e. The molecule has 2 heteroatoms. The molecule has 0 fully saturated rings. The molecule has 23 heavy (non-hydrogen) atoms. The average molecular weight is 304 g/mol. The Hall–Kier alpha value is -2.26. The SMILES string of the molecule is C#CCOC1c2ccc3c(C(C)C)cccc3c2C1OCC#C. The second-order valence-corrected chi connectivity index (χ2v) is 6.04. The van der Waals surface area contributed by atoms with Gasteiger partial charge in [-0.3, -0.25) is 0 Å². The normalized spacial score (nSPS) is 19.0. The van der Waals surface area contributed by atoms with E-state index in [1.165, 1.54) is 21.9 Å². The first-order valence-electron chi connectivity index (χ1n) is 7.84. The van der Waals surface area contributed by atoms with Gasteiger partial charge in [0.15, 0.2) is 0 Å². The Bertz CT molecular complexity index is 805. The van der Waals surface area contributed by atoms with Crippen molar-refractivity contribution in [2.75, 3.05) is 13.2 Å². The molecule has 0 bridgehead atoms. The summed E-state index contributed by atoms with van der Waals surface area (Å²) < 4.78 is 11.6. The third-order valence-corrected chi connectivity index (χ3v) is 4.35. The quantitative estimate of drug-likeness (QED) is 0.764. The van der Waals surface area contributed by atoms with Gasteiger partial charge in [0.2, 0.25) is 0 Å². The summed E-state index contributed by atoms with van der Waals surface area (Å²) in [6, 6.07) is 10.7. The lowest BCUT2D eigenvalue weighted by atomic mass is 9.77. The molecule has 1 aliphatic carbocycles. The van der Waals surface area contributed by atoms with Gasteiger partial charge in [0, 0.05) is 0 Å². The number of hydrogen-bond donors (Lipinski definition) is 0. The predicted molar refractivity (Wildman–Crippen MR) is 93.1 cm³/mol. The molecule has 0 amide bonds. The highest BCUT2D eigenvalue weighted by Crippen LogP contribution is 2.51. The van der Waals surface area contributed by atoms with Gasteiger partial charge in [-0.05, 0) is 33.4 Å². The maximum atomic E-state index is 5.84. The molecule has 0 aliphatic heterocycles. The van der Waals surface area contributed by atoms with E-state index in [0.29, 0.717) is 5.92 Å². The van der Waals surface area contributed by atoms with Gasteiger partial charge in [0.25, 0.3) is 0 Å². The van der Waals surface area contributed by atoms with Gasteiger partial charge in [0.1, 0.15) is 25.4 Å². The number of terminal acetylenes is 2. The van der Waals surface area contributed by atoms with Gasteiger partial charge in [-0.15, -0.1) is 12.8 Å².